The predicted molar refractivity (Wildman–Crippen MR) is 173 cm³/mol. The van der Waals surface area contributed by atoms with Crippen LogP contribution in [0.3, 0.4) is 0 Å². The zero-order valence-electron chi connectivity index (χ0n) is 25.5. The Balaban J connectivity index is 1.22. The van der Waals surface area contributed by atoms with E-state index in [1.54, 1.807) is 7.11 Å². The number of ether oxygens (including phenoxy) is 3. The number of allylic oxidation sites excluding steroid dienone is 1. The summed E-state index contributed by atoms with van der Waals surface area (Å²) in [5.74, 6) is 1.01. The quantitative estimate of drug-likeness (QED) is 0.238. The standard InChI is InChI=1S/C37H42ClNO4/c1-25(23-43-24-26-10-12-33(41-2)13-11-26)18-30-20-29-19-27-6-4-7-28(27)21-34(29)36(30)14-16-37(17-15-36,35(40)42-3)39-32-9-5-8-31(38)22-32/h5,8-13,19-22,25,39H,4,6-7,14-18,23-24H2,1-3H3/t25-,36?,37?/m1/s1. The van der Waals surface area contributed by atoms with Crippen LogP contribution in [0.15, 0.2) is 66.2 Å². The first kappa shape index (κ1) is 29.8. The number of carbonyl (C=O) groups is 1. The van der Waals surface area contributed by atoms with Crippen molar-refractivity contribution in [3.05, 3.63) is 99.1 Å². The van der Waals surface area contributed by atoms with E-state index in [9.17, 15) is 4.79 Å². The molecular weight excluding hydrogens is 558 g/mol. The Hall–Kier alpha value is -3.28. The molecule has 1 N–H and O–H groups in total. The number of carbonyl (C=O) groups excluding carboxylic acids is 1. The minimum Gasteiger partial charge on any atom is -0.497 e. The van der Waals surface area contributed by atoms with E-state index in [4.69, 9.17) is 25.8 Å². The van der Waals surface area contributed by atoms with Crippen LogP contribution < -0.4 is 10.1 Å². The first-order chi connectivity index (χ1) is 20.8. The van der Waals surface area contributed by atoms with E-state index in [1.165, 1.54) is 47.8 Å². The van der Waals surface area contributed by atoms with E-state index in [0.717, 1.165) is 42.7 Å². The molecule has 0 bridgehead atoms. The minimum absolute atomic E-state index is 0.0786. The molecule has 3 aliphatic rings. The van der Waals surface area contributed by atoms with Crippen molar-refractivity contribution in [1.29, 1.82) is 0 Å². The van der Waals surface area contributed by atoms with Crippen LogP contribution in [0.1, 0.15) is 73.3 Å². The third kappa shape index (κ3) is 5.94. The highest BCUT2D eigenvalue weighted by Crippen LogP contribution is 2.56. The SMILES string of the molecule is COC(=O)C1(Nc2cccc(Cl)c2)CCC2(CC1)C(C[C@@H](C)COCc1ccc(OC)cc1)=Cc1cc3c(cc12)CCC3. The fourth-order valence-electron chi connectivity index (χ4n) is 7.58. The molecule has 0 heterocycles. The van der Waals surface area contributed by atoms with Crippen LogP contribution in [0.5, 0.6) is 5.75 Å². The largest absolute Gasteiger partial charge is 0.497 e. The van der Waals surface area contributed by atoms with Crippen LogP contribution in [-0.2, 0) is 39.1 Å². The number of hydrogen-bond acceptors (Lipinski definition) is 5. The molecule has 3 aliphatic carbocycles. The monoisotopic (exact) mass is 599 g/mol. The molecule has 1 atom stereocenters. The molecule has 3 aromatic rings. The molecule has 0 unspecified atom stereocenters. The van der Waals surface area contributed by atoms with E-state index >= 15 is 0 Å². The summed E-state index contributed by atoms with van der Waals surface area (Å²) in [4.78, 5) is 13.4. The van der Waals surface area contributed by atoms with Gasteiger partial charge in [0.1, 0.15) is 11.3 Å². The molecule has 0 aliphatic heterocycles. The Morgan fingerprint density at radius 3 is 2.42 bits per heavy atom. The number of benzene rings is 3. The maximum atomic E-state index is 13.4. The highest BCUT2D eigenvalue weighted by atomic mass is 35.5. The topological polar surface area (TPSA) is 56.8 Å². The van der Waals surface area contributed by atoms with Gasteiger partial charge in [0.25, 0.3) is 0 Å². The van der Waals surface area contributed by atoms with Gasteiger partial charge in [-0.1, -0.05) is 60.5 Å². The molecule has 0 aromatic heterocycles. The number of halogens is 1. The number of methoxy groups -OCH3 is 2. The first-order valence-electron chi connectivity index (χ1n) is 15.5. The van der Waals surface area contributed by atoms with Gasteiger partial charge in [-0.3, -0.25) is 0 Å². The van der Waals surface area contributed by atoms with Gasteiger partial charge < -0.3 is 19.5 Å². The molecule has 5 nitrogen and oxygen atoms in total. The van der Waals surface area contributed by atoms with E-state index < -0.39 is 5.54 Å². The number of anilines is 1. The van der Waals surface area contributed by atoms with E-state index in [1.807, 2.05) is 36.4 Å². The molecule has 226 valence electrons. The van der Waals surface area contributed by atoms with Crippen LogP contribution in [0.25, 0.3) is 6.08 Å². The minimum atomic E-state index is -0.789. The summed E-state index contributed by atoms with van der Waals surface area (Å²) >= 11 is 6.29. The first-order valence-corrected chi connectivity index (χ1v) is 15.9. The predicted octanol–water partition coefficient (Wildman–Crippen LogP) is 8.31. The molecule has 6 heteroatoms. The normalized spacial score (nSPS) is 22.9. The smallest absolute Gasteiger partial charge is 0.331 e. The lowest BCUT2D eigenvalue weighted by molar-refractivity contribution is -0.147. The summed E-state index contributed by atoms with van der Waals surface area (Å²) < 4.78 is 16.9. The lowest BCUT2D eigenvalue weighted by Gasteiger charge is -2.46. The molecule has 1 fully saturated rings. The van der Waals surface area contributed by atoms with Crippen molar-refractivity contribution in [3.8, 4) is 5.75 Å². The molecule has 0 amide bonds. The summed E-state index contributed by atoms with van der Waals surface area (Å²) in [5, 5.41) is 4.20. The molecule has 6 rings (SSSR count). The number of aryl methyl sites for hydroxylation is 2. The van der Waals surface area contributed by atoms with Gasteiger partial charge in [0.15, 0.2) is 0 Å². The summed E-state index contributed by atoms with van der Waals surface area (Å²) in [6.07, 6.45) is 10.1. The third-order valence-electron chi connectivity index (χ3n) is 9.86. The Labute approximate surface area is 260 Å². The summed E-state index contributed by atoms with van der Waals surface area (Å²) in [5.41, 5.74) is 8.43. The zero-order chi connectivity index (χ0) is 30.0. The van der Waals surface area contributed by atoms with Gasteiger partial charge in [-0.25, -0.2) is 4.79 Å². The second kappa shape index (κ2) is 12.4. The van der Waals surface area contributed by atoms with Crippen molar-refractivity contribution in [1.82, 2.24) is 0 Å². The van der Waals surface area contributed by atoms with Gasteiger partial charge in [0, 0.05) is 22.7 Å². The number of hydrogen-bond donors (Lipinski definition) is 1. The Bertz CT molecular complexity index is 1500. The number of nitrogens with one attached hydrogen (secondary N) is 1. The van der Waals surface area contributed by atoms with Crippen LogP contribution in [0.2, 0.25) is 5.02 Å². The lowest BCUT2D eigenvalue weighted by Crippen LogP contribution is -2.52. The molecule has 0 radical (unpaired) electrons. The molecular formula is C37H42ClNO4. The van der Waals surface area contributed by atoms with Gasteiger partial charge in [-0.05, 0) is 115 Å². The van der Waals surface area contributed by atoms with Gasteiger partial charge in [-0.2, -0.15) is 0 Å². The Kier molecular flexibility index (Phi) is 8.57. The molecule has 1 saturated carbocycles. The number of fused-ring (bicyclic) bond motifs is 3. The molecule has 3 aromatic carbocycles. The van der Waals surface area contributed by atoms with Gasteiger partial charge >= 0.3 is 5.97 Å². The third-order valence-corrected chi connectivity index (χ3v) is 10.1. The maximum absolute atomic E-state index is 13.4. The van der Waals surface area contributed by atoms with Gasteiger partial charge in [-0.15, -0.1) is 0 Å². The number of esters is 1. The fourth-order valence-corrected chi connectivity index (χ4v) is 7.77. The van der Waals surface area contributed by atoms with Crippen LogP contribution in [0, 0.1) is 5.92 Å². The molecule has 0 saturated heterocycles. The average molecular weight is 600 g/mol. The highest BCUT2D eigenvalue weighted by Gasteiger charge is 2.52. The zero-order valence-corrected chi connectivity index (χ0v) is 26.3. The van der Waals surface area contributed by atoms with Crippen molar-refractivity contribution in [2.24, 2.45) is 5.92 Å². The van der Waals surface area contributed by atoms with Gasteiger partial charge in [0.2, 0.25) is 0 Å². The second-order valence-corrected chi connectivity index (χ2v) is 13.1. The summed E-state index contributed by atoms with van der Waals surface area (Å²) in [6, 6.07) is 20.6. The Morgan fingerprint density at radius 2 is 1.72 bits per heavy atom. The van der Waals surface area contributed by atoms with Crippen LogP contribution >= 0.6 is 11.6 Å². The van der Waals surface area contributed by atoms with Crippen molar-refractivity contribution < 1.29 is 19.0 Å². The van der Waals surface area contributed by atoms with Crippen molar-refractivity contribution in [2.75, 3.05) is 26.1 Å². The summed E-state index contributed by atoms with van der Waals surface area (Å²) in [7, 11) is 3.17. The van der Waals surface area contributed by atoms with Gasteiger partial charge in [0.05, 0.1) is 20.8 Å². The number of rotatable bonds is 10. The van der Waals surface area contributed by atoms with Crippen molar-refractivity contribution in [3.63, 3.8) is 0 Å². The average Bonchev–Trinajstić information content (AvgIpc) is 3.59. The van der Waals surface area contributed by atoms with E-state index in [-0.39, 0.29) is 11.4 Å². The summed E-state index contributed by atoms with van der Waals surface area (Å²) in [6.45, 7) is 3.56. The molecule has 1 spiro atoms. The van der Waals surface area contributed by atoms with E-state index in [0.29, 0.717) is 37.0 Å². The van der Waals surface area contributed by atoms with Crippen LogP contribution in [0.4, 0.5) is 5.69 Å². The van der Waals surface area contributed by atoms with E-state index in [2.05, 4.69) is 42.6 Å². The lowest BCUT2D eigenvalue weighted by atomic mass is 9.61. The second-order valence-electron chi connectivity index (χ2n) is 12.7. The van der Waals surface area contributed by atoms with Crippen molar-refractivity contribution in [2.45, 2.75) is 75.9 Å². The van der Waals surface area contributed by atoms with Crippen LogP contribution in [-0.4, -0.2) is 32.3 Å². The molecule has 43 heavy (non-hydrogen) atoms. The van der Waals surface area contributed by atoms with Crippen molar-refractivity contribution >= 4 is 29.3 Å². The Morgan fingerprint density at radius 1 is 0.977 bits per heavy atom. The highest BCUT2D eigenvalue weighted by molar-refractivity contribution is 6.30. The fraction of sp³-hybridized carbons (Fsp3) is 0.432. The maximum Gasteiger partial charge on any atom is 0.331 e.